The van der Waals surface area contributed by atoms with Gasteiger partial charge in [0.2, 0.25) is 5.91 Å². The molecule has 1 amide bonds. The molecule has 1 atom stereocenters. The van der Waals surface area contributed by atoms with Gasteiger partial charge in [0.1, 0.15) is 5.75 Å². The summed E-state index contributed by atoms with van der Waals surface area (Å²) in [5.41, 5.74) is 6.10. The molecule has 1 heterocycles. The lowest BCUT2D eigenvalue weighted by Gasteiger charge is -2.34. The minimum Gasteiger partial charge on any atom is -0.435 e. The van der Waals surface area contributed by atoms with Gasteiger partial charge in [-0.25, -0.2) is 0 Å². The smallest absolute Gasteiger partial charge is 0.387 e. The average molecular weight is 354 g/mol. The van der Waals surface area contributed by atoms with Crippen LogP contribution >= 0.6 is 0 Å². The molecule has 1 unspecified atom stereocenters. The number of primary amides is 1. The lowest BCUT2D eigenvalue weighted by molar-refractivity contribution is -0.119. The number of rotatable bonds is 6. The monoisotopic (exact) mass is 354 g/mol. The number of aliphatic imine (C=N–C) groups is 1. The molecule has 1 aliphatic rings. The lowest BCUT2D eigenvalue weighted by Crippen LogP contribution is -2.46. The number of halogens is 2. The van der Waals surface area contributed by atoms with Gasteiger partial charge in [-0.2, -0.15) is 8.78 Å². The molecule has 0 bridgehead atoms. The summed E-state index contributed by atoms with van der Waals surface area (Å²) in [7, 11) is 1.69. The van der Waals surface area contributed by atoms with Gasteiger partial charge >= 0.3 is 6.61 Å². The summed E-state index contributed by atoms with van der Waals surface area (Å²) in [6.07, 6.45) is 2.32. The summed E-state index contributed by atoms with van der Waals surface area (Å²) < 4.78 is 29.0. The van der Waals surface area contributed by atoms with E-state index in [1.54, 1.807) is 19.2 Å². The first-order chi connectivity index (χ1) is 12.0. The molecule has 25 heavy (non-hydrogen) atoms. The first kappa shape index (κ1) is 19.0. The molecule has 0 saturated carbocycles. The first-order valence-electron chi connectivity index (χ1n) is 8.25. The fourth-order valence-corrected chi connectivity index (χ4v) is 3.05. The zero-order chi connectivity index (χ0) is 18.2. The molecule has 0 spiro atoms. The molecule has 1 aliphatic heterocycles. The average Bonchev–Trinajstić information content (AvgIpc) is 2.55. The van der Waals surface area contributed by atoms with Crippen LogP contribution in [0.25, 0.3) is 0 Å². The molecule has 3 N–H and O–H groups in total. The number of amides is 1. The number of likely N-dealkylation sites (tertiary alicyclic amines) is 1. The van der Waals surface area contributed by atoms with E-state index in [9.17, 15) is 13.6 Å². The molecule has 8 heteroatoms. The summed E-state index contributed by atoms with van der Waals surface area (Å²) in [6.45, 7) is -0.837. The summed E-state index contributed by atoms with van der Waals surface area (Å²) in [5.74, 6) is 0.788. The number of carbonyl (C=O) groups is 1. The molecule has 1 fully saturated rings. The largest absolute Gasteiger partial charge is 0.435 e. The number of hydrogen-bond donors (Lipinski definition) is 2. The van der Waals surface area contributed by atoms with Gasteiger partial charge in [-0.3, -0.25) is 9.79 Å². The summed E-state index contributed by atoms with van der Waals surface area (Å²) in [5, 5.41) is 3.23. The van der Waals surface area contributed by atoms with Crippen molar-refractivity contribution in [1.82, 2.24) is 10.2 Å². The molecular formula is C17H24F2N4O2. The Labute approximate surface area is 146 Å². The Morgan fingerprint density at radius 1 is 1.52 bits per heavy atom. The van der Waals surface area contributed by atoms with Gasteiger partial charge in [0.15, 0.2) is 5.96 Å². The Balaban J connectivity index is 1.92. The molecule has 0 aromatic heterocycles. The maximum atomic E-state index is 12.3. The lowest BCUT2D eigenvalue weighted by atomic mass is 9.95. The zero-order valence-corrected chi connectivity index (χ0v) is 14.3. The molecule has 6 nitrogen and oxygen atoms in total. The van der Waals surface area contributed by atoms with Gasteiger partial charge in [-0.1, -0.05) is 12.1 Å². The maximum Gasteiger partial charge on any atom is 0.387 e. The third kappa shape index (κ3) is 6.21. The predicted molar refractivity (Wildman–Crippen MR) is 91.4 cm³/mol. The highest BCUT2D eigenvalue weighted by Crippen LogP contribution is 2.20. The van der Waals surface area contributed by atoms with Crippen molar-refractivity contribution < 1.29 is 18.3 Å². The highest BCUT2D eigenvalue weighted by atomic mass is 19.3. The minimum atomic E-state index is -2.84. The molecule has 0 aliphatic carbocycles. The Kier molecular flexibility index (Phi) is 6.97. The van der Waals surface area contributed by atoms with Crippen molar-refractivity contribution in [3.63, 3.8) is 0 Å². The van der Waals surface area contributed by atoms with E-state index in [1.165, 1.54) is 6.07 Å². The number of nitrogens with one attached hydrogen (secondary N) is 1. The Morgan fingerprint density at radius 3 is 3.00 bits per heavy atom. The van der Waals surface area contributed by atoms with E-state index in [4.69, 9.17) is 5.73 Å². The quantitative estimate of drug-likeness (QED) is 0.604. The van der Waals surface area contributed by atoms with Crippen LogP contribution in [0, 0.1) is 5.92 Å². The minimum absolute atomic E-state index is 0.129. The van der Waals surface area contributed by atoms with Gasteiger partial charge in [-0.05, 0) is 36.5 Å². The van der Waals surface area contributed by atoms with Gasteiger partial charge in [0, 0.05) is 33.1 Å². The number of benzene rings is 1. The van der Waals surface area contributed by atoms with Crippen molar-refractivity contribution >= 4 is 11.9 Å². The Hall–Kier alpha value is -2.38. The van der Waals surface area contributed by atoms with E-state index in [0.717, 1.165) is 31.5 Å². The van der Waals surface area contributed by atoms with Crippen LogP contribution in [0.3, 0.4) is 0 Å². The fraction of sp³-hybridized carbons (Fsp3) is 0.529. The van der Waals surface area contributed by atoms with E-state index in [0.29, 0.717) is 18.9 Å². The number of ether oxygens (including phenoxy) is 1. The number of carbonyl (C=O) groups excluding carboxylic acids is 1. The highest BCUT2D eigenvalue weighted by molar-refractivity contribution is 5.80. The van der Waals surface area contributed by atoms with E-state index in [1.807, 2.05) is 6.07 Å². The van der Waals surface area contributed by atoms with E-state index in [-0.39, 0.29) is 17.6 Å². The number of guanidine groups is 1. The molecule has 1 saturated heterocycles. The summed E-state index contributed by atoms with van der Waals surface area (Å²) in [4.78, 5) is 17.5. The number of piperidine rings is 1. The van der Waals surface area contributed by atoms with Crippen LogP contribution in [0.15, 0.2) is 29.3 Å². The van der Waals surface area contributed by atoms with E-state index < -0.39 is 6.61 Å². The highest BCUT2D eigenvalue weighted by Gasteiger charge is 2.23. The zero-order valence-electron chi connectivity index (χ0n) is 14.3. The second-order valence-electron chi connectivity index (χ2n) is 6.05. The Bertz CT molecular complexity index is 610. The van der Waals surface area contributed by atoms with Gasteiger partial charge in [0.25, 0.3) is 0 Å². The van der Waals surface area contributed by atoms with Crippen LogP contribution in [-0.4, -0.2) is 43.5 Å². The van der Waals surface area contributed by atoms with Crippen LogP contribution in [-0.2, 0) is 11.3 Å². The van der Waals surface area contributed by atoms with Crippen LogP contribution < -0.4 is 15.8 Å². The van der Waals surface area contributed by atoms with Crippen molar-refractivity contribution in [3.8, 4) is 5.75 Å². The van der Waals surface area contributed by atoms with Crippen molar-refractivity contribution in [2.75, 3.05) is 20.1 Å². The second-order valence-corrected chi connectivity index (χ2v) is 6.05. The number of hydrogen-bond acceptors (Lipinski definition) is 3. The SMILES string of the molecule is CN=C(NCc1cccc(OC(F)F)c1)N1CCCC(CC(N)=O)C1. The molecular weight excluding hydrogens is 330 g/mol. The van der Waals surface area contributed by atoms with Crippen LogP contribution in [0.2, 0.25) is 0 Å². The van der Waals surface area contributed by atoms with Crippen LogP contribution in [0.4, 0.5) is 8.78 Å². The van der Waals surface area contributed by atoms with Gasteiger partial charge < -0.3 is 20.7 Å². The molecule has 2 rings (SSSR count). The van der Waals surface area contributed by atoms with Gasteiger partial charge in [0.05, 0.1) is 0 Å². The fourth-order valence-electron chi connectivity index (χ4n) is 3.05. The second kappa shape index (κ2) is 9.19. The number of nitrogens with zero attached hydrogens (tertiary/aromatic N) is 2. The standard InChI is InChI=1S/C17H24F2N4O2/c1-21-17(23-7-3-5-13(11-23)9-15(20)24)22-10-12-4-2-6-14(8-12)25-16(18)19/h2,4,6,8,13,16H,3,5,7,9-11H2,1H3,(H2,20,24)(H,21,22). The molecule has 138 valence electrons. The molecule has 1 aromatic carbocycles. The summed E-state index contributed by atoms with van der Waals surface area (Å²) >= 11 is 0. The third-order valence-corrected chi connectivity index (χ3v) is 4.09. The maximum absolute atomic E-state index is 12.3. The third-order valence-electron chi connectivity index (χ3n) is 4.09. The van der Waals surface area contributed by atoms with Crippen molar-refractivity contribution in [3.05, 3.63) is 29.8 Å². The first-order valence-corrected chi connectivity index (χ1v) is 8.25. The molecule has 0 radical (unpaired) electrons. The topological polar surface area (TPSA) is 80.0 Å². The molecule has 1 aromatic rings. The van der Waals surface area contributed by atoms with Crippen LogP contribution in [0.1, 0.15) is 24.8 Å². The van der Waals surface area contributed by atoms with Crippen LogP contribution in [0.5, 0.6) is 5.75 Å². The van der Waals surface area contributed by atoms with E-state index >= 15 is 0 Å². The Morgan fingerprint density at radius 2 is 2.32 bits per heavy atom. The number of nitrogens with two attached hydrogens (primary N) is 1. The van der Waals surface area contributed by atoms with Crippen molar-refractivity contribution in [2.45, 2.75) is 32.4 Å². The van der Waals surface area contributed by atoms with Crippen molar-refractivity contribution in [2.24, 2.45) is 16.6 Å². The van der Waals surface area contributed by atoms with Gasteiger partial charge in [-0.15, -0.1) is 0 Å². The number of alkyl halides is 2. The normalized spacial score (nSPS) is 18.3. The summed E-state index contributed by atoms with van der Waals surface area (Å²) in [6, 6.07) is 6.55. The predicted octanol–water partition coefficient (Wildman–Crippen LogP) is 1.95. The van der Waals surface area contributed by atoms with E-state index in [2.05, 4.69) is 19.9 Å². The van der Waals surface area contributed by atoms with Crippen molar-refractivity contribution in [1.29, 1.82) is 0 Å².